The molecule has 0 aromatic rings. The zero-order valence-corrected chi connectivity index (χ0v) is 10.0. The second-order valence-corrected chi connectivity index (χ2v) is 4.98. The summed E-state index contributed by atoms with van der Waals surface area (Å²) in [4.78, 5) is 12.3. The molecule has 0 saturated carbocycles. The SMILES string of the molecule is C=C[C@H]1C[C@@H](C(F)(F)F)N1C(=O)OC(C)(C)C. The summed E-state index contributed by atoms with van der Waals surface area (Å²) in [5.41, 5.74) is -0.811. The average molecular weight is 251 g/mol. The van der Waals surface area contributed by atoms with Crippen LogP contribution in [0.5, 0.6) is 0 Å². The minimum atomic E-state index is -4.42. The number of halogens is 3. The summed E-state index contributed by atoms with van der Waals surface area (Å²) in [5.74, 6) is 0. The predicted octanol–water partition coefficient (Wildman–Crippen LogP) is 3.11. The Morgan fingerprint density at radius 2 is 1.94 bits per heavy atom. The molecule has 1 rings (SSSR count). The van der Waals surface area contributed by atoms with Gasteiger partial charge in [0.25, 0.3) is 0 Å². The van der Waals surface area contributed by atoms with Crippen molar-refractivity contribution in [1.29, 1.82) is 0 Å². The number of carbonyl (C=O) groups is 1. The molecule has 1 aliphatic rings. The summed E-state index contributed by atoms with van der Waals surface area (Å²) in [5, 5.41) is 0. The van der Waals surface area contributed by atoms with Gasteiger partial charge in [0.1, 0.15) is 11.6 Å². The molecule has 1 heterocycles. The molecule has 6 heteroatoms. The van der Waals surface area contributed by atoms with Crippen molar-refractivity contribution in [2.45, 2.75) is 51.1 Å². The largest absolute Gasteiger partial charge is 0.444 e. The van der Waals surface area contributed by atoms with E-state index < -0.39 is 30.0 Å². The Morgan fingerprint density at radius 1 is 1.41 bits per heavy atom. The van der Waals surface area contributed by atoms with Crippen LogP contribution in [0.2, 0.25) is 0 Å². The molecule has 3 nitrogen and oxygen atoms in total. The Bertz CT molecular complexity index is 320. The van der Waals surface area contributed by atoms with E-state index in [4.69, 9.17) is 4.74 Å². The van der Waals surface area contributed by atoms with Crippen LogP contribution in [0.3, 0.4) is 0 Å². The van der Waals surface area contributed by atoms with Crippen LogP contribution >= 0.6 is 0 Å². The Balaban J connectivity index is 2.77. The number of hydrogen-bond acceptors (Lipinski definition) is 2. The molecule has 1 fully saturated rings. The fraction of sp³-hybridized carbons (Fsp3) is 0.727. The van der Waals surface area contributed by atoms with E-state index in [0.29, 0.717) is 4.90 Å². The number of alkyl halides is 3. The van der Waals surface area contributed by atoms with Crippen LogP contribution in [0.25, 0.3) is 0 Å². The third-order valence-corrected chi connectivity index (χ3v) is 2.41. The minimum Gasteiger partial charge on any atom is -0.444 e. The van der Waals surface area contributed by atoms with E-state index in [0.717, 1.165) is 0 Å². The molecular weight excluding hydrogens is 235 g/mol. The predicted molar refractivity (Wildman–Crippen MR) is 56.5 cm³/mol. The molecule has 1 amide bonds. The lowest BCUT2D eigenvalue weighted by atomic mass is 9.93. The summed E-state index contributed by atoms with van der Waals surface area (Å²) in [6, 6.07) is -2.36. The van der Waals surface area contributed by atoms with Crippen molar-refractivity contribution < 1.29 is 22.7 Å². The normalized spacial score (nSPS) is 25.2. The molecule has 1 saturated heterocycles. The summed E-state index contributed by atoms with van der Waals surface area (Å²) in [6.07, 6.45) is -4.19. The first-order valence-electron chi connectivity index (χ1n) is 5.27. The van der Waals surface area contributed by atoms with Crippen molar-refractivity contribution in [2.24, 2.45) is 0 Å². The smallest absolute Gasteiger partial charge is 0.411 e. The molecule has 2 atom stereocenters. The monoisotopic (exact) mass is 251 g/mol. The van der Waals surface area contributed by atoms with Crippen LogP contribution in [-0.4, -0.2) is 34.9 Å². The van der Waals surface area contributed by atoms with Gasteiger partial charge >= 0.3 is 12.3 Å². The van der Waals surface area contributed by atoms with Crippen LogP contribution < -0.4 is 0 Å². The molecule has 1 aliphatic heterocycles. The highest BCUT2D eigenvalue weighted by molar-refractivity contribution is 5.70. The third kappa shape index (κ3) is 3.14. The van der Waals surface area contributed by atoms with Gasteiger partial charge in [-0.2, -0.15) is 13.2 Å². The van der Waals surface area contributed by atoms with Gasteiger partial charge < -0.3 is 4.74 Å². The number of hydrogen-bond donors (Lipinski definition) is 0. The number of rotatable bonds is 1. The van der Waals surface area contributed by atoms with Crippen molar-refractivity contribution in [3.05, 3.63) is 12.7 Å². The highest BCUT2D eigenvalue weighted by Crippen LogP contribution is 2.39. The van der Waals surface area contributed by atoms with Crippen molar-refractivity contribution in [3.63, 3.8) is 0 Å². The van der Waals surface area contributed by atoms with Crippen molar-refractivity contribution >= 4 is 6.09 Å². The lowest BCUT2D eigenvalue weighted by Gasteiger charge is -2.47. The third-order valence-electron chi connectivity index (χ3n) is 2.41. The van der Waals surface area contributed by atoms with Gasteiger partial charge in [-0.05, 0) is 20.8 Å². The molecule has 0 bridgehead atoms. The standard InChI is InChI=1S/C11H16F3NO2/c1-5-7-6-8(11(12,13)14)15(7)9(16)17-10(2,3)4/h5,7-8H,1,6H2,2-4H3/t7-,8-/m0/s1. The van der Waals surface area contributed by atoms with E-state index in [1.54, 1.807) is 20.8 Å². The highest BCUT2D eigenvalue weighted by atomic mass is 19.4. The average Bonchev–Trinajstić information content (AvgIpc) is 1.95. The molecule has 98 valence electrons. The van der Waals surface area contributed by atoms with Gasteiger partial charge in [0.05, 0.1) is 6.04 Å². The molecule has 0 N–H and O–H groups in total. The second kappa shape index (κ2) is 4.23. The molecule has 0 aliphatic carbocycles. The van der Waals surface area contributed by atoms with Crippen LogP contribution in [0.4, 0.5) is 18.0 Å². The Labute approximate surface area is 98.2 Å². The molecule has 0 aromatic carbocycles. The van der Waals surface area contributed by atoms with Crippen molar-refractivity contribution in [3.8, 4) is 0 Å². The number of ether oxygens (including phenoxy) is 1. The summed E-state index contributed by atoms with van der Waals surface area (Å²) in [7, 11) is 0. The van der Waals surface area contributed by atoms with Gasteiger partial charge in [-0.15, -0.1) is 6.58 Å². The Hall–Kier alpha value is -1.20. The lowest BCUT2D eigenvalue weighted by molar-refractivity contribution is -0.213. The molecular formula is C11H16F3NO2. The number of likely N-dealkylation sites (tertiary alicyclic amines) is 1. The Morgan fingerprint density at radius 3 is 2.29 bits per heavy atom. The molecule has 0 radical (unpaired) electrons. The zero-order valence-electron chi connectivity index (χ0n) is 10.0. The maximum absolute atomic E-state index is 12.6. The van der Waals surface area contributed by atoms with E-state index in [2.05, 4.69) is 6.58 Å². The Kier molecular flexibility index (Phi) is 3.45. The first-order valence-corrected chi connectivity index (χ1v) is 5.27. The van der Waals surface area contributed by atoms with E-state index in [9.17, 15) is 18.0 Å². The molecule has 0 spiro atoms. The van der Waals surface area contributed by atoms with Crippen LogP contribution in [0.15, 0.2) is 12.7 Å². The fourth-order valence-electron chi connectivity index (χ4n) is 1.63. The summed E-state index contributed by atoms with van der Waals surface area (Å²) in [6.45, 7) is 8.23. The molecule has 0 aromatic heterocycles. The van der Waals surface area contributed by atoms with Crippen LogP contribution in [0.1, 0.15) is 27.2 Å². The molecule has 0 unspecified atom stereocenters. The van der Waals surface area contributed by atoms with Gasteiger partial charge in [-0.3, -0.25) is 4.90 Å². The lowest BCUT2D eigenvalue weighted by Crippen LogP contribution is -2.64. The topological polar surface area (TPSA) is 29.5 Å². The maximum Gasteiger partial charge on any atom is 0.411 e. The first-order chi connectivity index (χ1) is 7.56. The van der Waals surface area contributed by atoms with Gasteiger partial charge in [0.2, 0.25) is 0 Å². The van der Waals surface area contributed by atoms with E-state index in [1.165, 1.54) is 6.08 Å². The van der Waals surface area contributed by atoms with Gasteiger partial charge in [-0.1, -0.05) is 6.08 Å². The van der Waals surface area contributed by atoms with Crippen molar-refractivity contribution in [2.75, 3.05) is 0 Å². The number of carbonyl (C=O) groups excluding carboxylic acids is 1. The van der Waals surface area contributed by atoms with Gasteiger partial charge in [0, 0.05) is 6.42 Å². The van der Waals surface area contributed by atoms with Gasteiger partial charge in [0.15, 0.2) is 0 Å². The van der Waals surface area contributed by atoms with E-state index >= 15 is 0 Å². The first kappa shape index (κ1) is 13.9. The highest BCUT2D eigenvalue weighted by Gasteiger charge is 2.55. The molecule has 17 heavy (non-hydrogen) atoms. The van der Waals surface area contributed by atoms with E-state index in [1.807, 2.05) is 0 Å². The quantitative estimate of drug-likeness (QED) is 0.670. The van der Waals surface area contributed by atoms with Crippen molar-refractivity contribution in [1.82, 2.24) is 4.90 Å². The minimum absolute atomic E-state index is 0.147. The summed E-state index contributed by atoms with van der Waals surface area (Å²) < 4.78 is 42.6. The second-order valence-electron chi connectivity index (χ2n) is 4.98. The van der Waals surface area contributed by atoms with Crippen LogP contribution in [0, 0.1) is 0 Å². The number of nitrogens with zero attached hydrogens (tertiary/aromatic N) is 1. The number of amides is 1. The van der Waals surface area contributed by atoms with Crippen LogP contribution in [-0.2, 0) is 4.74 Å². The zero-order chi connectivity index (χ0) is 13.4. The maximum atomic E-state index is 12.6. The summed E-state index contributed by atoms with van der Waals surface area (Å²) >= 11 is 0. The van der Waals surface area contributed by atoms with E-state index in [-0.39, 0.29) is 6.42 Å². The fourth-order valence-corrected chi connectivity index (χ4v) is 1.63. The van der Waals surface area contributed by atoms with Gasteiger partial charge in [-0.25, -0.2) is 4.79 Å².